The molecule has 0 fully saturated rings. The molecule has 1 aromatic heterocycles. The number of carbonyl (C=O) groups is 2. The van der Waals surface area contributed by atoms with Crippen molar-refractivity contribution in [1.29, 1.82) is 0 Å². The predicted octanol–water partition coefficient (Wildman–Crippen LogP) is 4.20. The van der Waals surface area contributed by atoms with Crippen molar-refractivity contribution in [2.75, 3.05) is 0 Å². The van der Waals surface area contributed by atoms with Gasteiger partial charge in [-0.25, -0.2) is 9.37 Å². The Morgan fingerprint density at radius 1 is 1.29 bits per heavy atom. The quantitative estimate of drug-likeness (QED) is 0.813. The molecule has 4 nitrogen and oxygen atoms in total. The number of nitrogens with zero attached hydrogens (tertiary/aromatic N) is 1. The normalized spacial score (nSPS) is 13.7. The molecule has 2 aromatic rings. The number of halogens is 1. The number of ketones is 1. The number of carboxylic acid groups (broad SMARTS) is 1. The molecule has 0 aliphatic carbocycles. The van der Waals surface area contributed by atoms with Gasteiger partial charge < -0.3 is 5.11 Å². The number of hydrogen-bond donors (Lipinski definition) is 1. The number of carbonyl (C=O) groups excluding carboxylic acids is 1. The Kier molecular flexibility index (Phi) is 5.49. The Hall–Kier alpha value is -2.08. The SMILES string of the molecule is CC(C)C(C)(CC(=O)Cc1csc(-c2ccc(F)cc2)n1)C(=O)O. The van der Waals surface area contributed by atoms with E-state index in [1.54, 1.807) is 38.3 Å². The Morgan fingerprint density at radius 3 is 2.46 bits per heavy atom. The summed E-state index contributed by atoms with van der Waals surface area (Å²) in [4.78, 5) is 28.1. The van der Waals surface area contributed by atoms with Gasteiger partial charge in [0.15, 0.2) is 0 Å². The third-order valence-electron chi connectivity index (χ3n) is 4.35. The molecule has 128 valence electrons. The van der Waals surface area contributed by atoms with E-state index in [0.29, 0.717) is 10.7 Å². The summed E-state index contributed by atoms with van der Waals surface area (Å²) in [7, 11) is 0. The highest BCUT2D eigenvalue weighted by Gasteiger charge is 2.38. The highest BCUT2D eigenvalue weighted by Crippen LogP contribution is 2.32. The van der Waals surface area contributed by atoms with Gasteiger partial charge in [0.05, 0.1) is 11.1 Å². The van der Waals surface area contributed by atoms with E-state index in [2.05, 4.69) is 4.98 Å². The molecular weight excluding hydrogens is 329 g/mol. The Labute approximate surface area is 144 Å². The fourth-order valence-electron chi connectivity index (χ4n) is 2.31. The fraction of sp³-hybridized carbons (Fsp3) is 0.389. The highest BCUT2D eigenvalue weighted by molar-refractivity contribution is 7.13. The van der Waals surface area contributed by atoms with Crippen LogP contribution in [0.3, 0.4) is 0 Å². The van der Waals surface area contributed by atoms with E-state index in [1.807, 2.05) is 0 Å². The molecule has 0 spiro atoms. The minimum atomic E-state index is -1.08. The number of carboxylic acids is 1. The van der Waals surface area contributed by atoms with Gasteiger partial charge in [-0.1, -0.05) is 13.8 Å². The summed E-state index contributed by atoms with van der Waals surface area (Å²) in [6, 6.07) is 6.00. The second-order valence-corrected chi connectivity index (χ2v) is 7.28. The maximum Gasteiger partial charge on any atom is 0.310 e. The van der Waals surface area contributed by atoms with Gasteiger partial charge >= 0.3 is 5.97 Å². The molecule has 1 atom stereocenters. The number of Topliss-reactive ketones (excluding diaryl/α,β-unsaturated/α-hetero) is 1. The molecule has 0 saturated carbocycles. The lowest BCUT2D eigenvalue weighted by Crippen LogP contribution is -2.35. The van der Waals surface area contributed by atoms with E-state index in [-0.39, 0.29) is 30.4 Å². The third kappa shape index (κ3) is 4.06. The zero-order valence-corrected chi connectivity index (χ0v) is 14.7. The second-order valence-electron chi connectivity index (χ2n) is 6.42. The molecule has 1 unspecified atom stereocenters. The van der Waals surface area contributed by atoms with Crippen LogP contribution in [-0.4, -0.2) is 21.8 Å². The van der Waals surface area contributed by atoms with Crippen LogP contribution in [0.4, 0.5) is 4.39 Å². The summed E-state index contributed by atoms with van der Waals surface area (Å²) in [5.74, 6) is -1.57. The maximum atomic E-state index is 13.0. The van der Waals surface area contributed by atoms with Crippen LogP contribution >= 0.6 is 11.3 Å². The first-order valence-electron chi connectivity index (χ1n) is 7.68. The molecule has 0 bridgehead atoms. The smallest absolute Gasteiger partial charge is 0.310 e. The van der Waals surface area contributed by atoms with Gasteiger partial charge in [0.25, 0.3) is 0 Å². The molecule has 0 aliphatic heterocycles. The molecule has 0 radical (unpaired) electrons. The zero-order chi connectivity index (χ0) is 17.9. The average molecular weight is 349 g/mol. The average Bonchev–Trinajstić information content (AvgIpc) is 2.95. The molecule has 0 aliphatic rings. The maximum absolute atomic E-state index is 13.0. The number of benzene rings is 1. The van der Waals surface area contributed by atoms with Gasteiger partial charge in [0, 0.05) is 23.8 Å². The lowest BCUT2D eigenvalue weighted by molar-refractivity contribution is -0.153. The van der Waals surface area contributed by atoms with Crippen LogP contribution in [0.15, 0.2) is 29.6 Å². The molecule has 1 aromatic carbocycles. The first-order chi connectivity index (χ1) is 11.2. The second kappa shape index (κ2) is 7.21. The van der Waals surface area contributed by atoms with Crippen LogP contribution in [0.2, 0.25) is 0 Å². The number of aliphatic carboxylic acids is 1. The Morgan fingerprint density at radius 2 is 1.92 bits per heavy atom. The van der Waals surface area contributed by atoms with Crippen LogP contribution in [-0.2, 0) is 16.0 Å². The van der Waals surface area contributed by atoms with Crippen molar-refractivity contribution in [1.82, 2.24) is 4.98 Å². The van der Waals surface area contributed by atoms with Gasteiger partial charge in [-0.3, -0.25) is 9.59 Å². The van der Waals surface area contributed by atoms with Crippen molar-refractivity contribution >= 4 is 23.1 Å². The van der Waals surface area contributed by atoms with E-state index in [0.717, 1.165) is 5.56 Å². The van der Waals surface area contributed by atoms with Gasteiger partial charge in [-0.2, -0.15) is 0 Å². The van der Waals surface area contributed by atoms with Crippen LogP contribution in [0.25, 0.3) is 10.6 Å². The monoisotopic (exact) mass is 349 g/mol. The number of thiazole rings is 1. The summed E-state index contributed by atoms with van der Waals surface area (Å²) in [5, 5.41) is 11.9. The fourth-order valence-corrected chi connectivity index (χ4v) is 3.14. The Balaban J connectivity index is 2.08. The molecule has 2 rings (SSSR count). The lowest BCUT2D eigenvalue weighted by Gasteiger charge is -2.28. The first kappa shape index (κ1) is 18.3. The van der Waals surface area contributed by atoms with Crippen LogP contribution in [0, 0.1) is 17.2 Å². The highest BCUT2D eigenvalue weighted by atomic mass is 32.1. The number of hydrogen-bond acceptors (Lipinski definition) is 4. The van der Waals surface area contributed by atoms with E-state index in [4.69, 9.17) is 0 Å². The minimum absolute atomic E-state index is 0.0244. The zero-order valence-electron chi connectivity index (χ0n) is 13.9. The topological polar surface area (TPSA) is 67.3 Å². The van der Waals surface area contributed by atoms with Crippen molar-refractivity contribution in [3.63, 3.8) is 0 Å². The molecule has 6 heteroatoms. The standard InChI is InChI=1S/C18H20FNO3S/c1-11(2)18(3,17(22)23)9-15(21)8-14-10-24-16(20-14)12-4-6-13(19)7-5-12/h4-7,10-11H,8-9H2,1-3H3,(H,22,23). The van der Waals surface area contributed by atoms with Crippen molar-refractivity contribution in [3.05, 3.63) is 41.2 Å². The van der Waals surface area contributed by atoms with Gasteiger partial charge in [0.1, 0.15) is 16.6 Å². The summed E-state index contributed by atoms with van der Waals surface area (Å²) in [5.41, 5.74) is 0.325. The van der Waals surface area contributed by atoms with E-state index in [1.165, 1.54) is 23.5 Å². The lowest BCUT2D eigenvalue weighted by atomic mass is 9.75. The molecule has 1 heterocycles. The van der Waals surface area contributed by atoms with Gasteiger partial charge in [-0.15, -0.1) is 11.3 Å². The Bertz CT molecular complexity index is 739. The summed E-state index contributed by atoms with van der Waals surface area (Å²) in [6.45, 7) is 5.21. The largest absolute Gasteiger partial charge is 0.481 e. The molecular formula is C18H20FNO3S. The molecule has 0 saturated heterocycles. The number of aromatic nitrogens is 1. The van der Waals surface area contributed by atoms with Crippen molar-refractivity contribution < 1.29 is 19.1 Å². The van der Waals surface area contributed by atoms with Crippen molar-refractivity contribution in [2.45, 2.75) is 33.6 Å². The van der Waals surface area contributed by atoms with Crippen molar-refractivity contribution in [3.8, 4) is 10.6 Å². The van der Waals surface area contributed by atoms with E-state index in [9.17, 15) is 19.1 Å². The van der Waals surface area contributed by atoms with Crippen LogP contribution in [0.1, 0.15) is 32.9 Å². The molecule has 0 amide bonds. The van der Waals surface area contributed by atoms with E-state index < -0.39 is 11.4 Å². The summed E-state index contributed by atoms with van der Waals surface area (Å²) >= 11 is 1.38. The summed E-state index contributed by atoms with van der Waals surface area (Å²) < 4.78 is 13.0. The molecule has 1 N–H and O–H groups in total. The number of rotatable bonds is 7. The first-order valence-corrected chi connectivity index (χ1v) is 8.56. The molecule has 24 heavy (non-hydrogen) atoms. The van der Waals surface area contributed by atoms with Crippen LogP contribution in [0.5, 0.6) is 0 Å². The van der Waals surface area contributed by atoms with Gasteiger partial charge in [0.2, 0.25) is 0 Å². The van der Waals surface area contributed by atoms with Crippen molar-refractivity contribution in [2.24, 2.45) is 11.3 Å². The third-order valence-corrected chi connectivity index (χ3v) is 5.29. The summed E-state index contributed by atoms with van der Waals surface area (Å²) in [6.07, 6.45) is 0.0801. The van der Waals surface area contributed by atoms with E-state index >= 15 is 0 Å². The van der Waals surface area contributed by atoms with Gasteiger partial charge in [-0.05, 0) is 37.1 Å². The minimum Gasteiger partial charge on any atom is -0.481 e. The predicted molar refractivity (Wildman–Crippen MR) is 91.4 cm³/mol. The van der Waals surface area contributed by atoms with Crippen LogP contribution < -0.4 is 0 Å².